The molecule has 3 rings (SSSR count). The Bertz CT molecular complexity index is 816. The van der Waals surface area contributed by atoms with Crippen molar-refractivity contribution in [1.82, 2.24) is 10.3 Å². The van der Waals surface area contributed by atoms with Gasteiger partial charge in [0.25, 0.3) is 5.91 Å². The maximum Gasteiger partial charge on any atom is 0.329 e. The van der Waals surface area contributed by atoms with Gasteiger partial charge < -0.3 is 15.2 Å². The number of nitrogens with zero attached hydrogens (tertiary/aromatic N) is 1. The fraction of sp³-hybridized carbons (Fsp3) is 0.353. The Kier molecular flexibility index (Phi) is 4.19. The summed E-state index contributed by atoms with van der Waals surface area (Å²) < 4.78 is 18.5. The molecule has 126 valence electrons. The second-order valence-electron chi connectivity index (χ2n) is 5.91. The Morgan fingerprint density at radius 2 is 2.00 bits per heavy atom. The number of aromatic nitrogens is 1. The Labute approximate surface area is 137 Å². The second kappa shape index (κ2) is 6.16. The number of carbonyl (C=O) groups is 2. The van der Waals surface area contributed by atoms with Crippen molar-refractivity contribution < 1.29 is 23.8 Å². The number of rotatable bonds is 3. The molecule has 0 bridgehead atoms. The standard InChI is InChI=1S/C17H17FN2O4/c1-10-13(8-11-2-3-12(18)9-14(11)19-10)15(21)20-17(16(22)23)4-6-24-7-5-17/h2-3,8-9H,4-7H2,1H3,(H,20,21)(H,22,23). The number of benzene rings is 1. The van der Waals surface area contributed by atoms with Crippen LogP contribution in [0.25, 0.3) is 10.9 Å². The molecule has 24 heavy (non-hydrogen) atoms. The molecule has 1 saturated heterocycles. The third kappa shape index (κ3) is 2.94. The van der Waals surface area contributed by atoms with Gasteiger partial charge in [-0.25, -0.2) is 9.18 Å². The summed E-state index contributed by atoms with van der Waals surface area (Å²) >= 11 is 0. The number of carboxylic acid groups (broad SMARTS) is 1. The minimum atomic E-state index is -1.33. The van der Waals surface area contributed by atoms with E-state index in [0.717, 1.165) is 0 Å². The molecule has 0 atom stereocenters. The average Bonchev–Trinajstić information content (AvgIpc) is 2.54. The summed E-state index contributed by atoms with van der Waals surface area (Å²) in [6.07, 6.45) is 0.415. The number of carbonyl (C=O) groups excluding carboxylic acids is 1. The van der Waals surface area contributed by atoms with E-state index in [4.69, 9.17) is 4.74 Å². The first kappa shape index (κ1) is 16.3. The molecular weight excluding hydrogens is 315 g/mol. The average molecular weight is 332 g/mol. The largest absolute Gasteiger partial charge is 0.480 e. The number of halogens is 1. The number of hydrogen-bond acceptors (Lipinski definition) is 4. The zero-order valence-electron chi connectivity index (χ0n) is 13.1. The molecule has 1 fully saturated rings. The maximum absolute atomic E-state index is 13.3. The van der Waals surface area contributed by atoms with Crippen LogP contribution in [0.15, 0.2) is 24.3 Å². The molecule has 1 aromatic carbocycles. The van der Waals surface area contributed by atoms with Crippen molar-refractivity contribution in [3.8, 4) is 0 Å². The summed E-state index contributed by atoms with van der Waals surface area (Å²) in [7, 11) is 0. The summed E-state index contributed by atoms with van der Waals surface area (Å²) in [6, 6.07) is 5.72. The molecule has 7 heteroatoms. The topological polar surface area (TPSA) is 88.5 Å². The normalized spacial score (nSPS) is 16.8. The molecule has 1 amide bonds. The number of hydrogen-bond donors (Lipinski definition) is 2. The first-order chi connectivity index (χ1) is 11.4. The van der Waals surface area contributed by atoms with Gasteiger partial charge in [-0.15, -0.1) is 0 Å². The van der Waals surface area contributed by atoms with Gasteiger partial charge in [-0.05, 0) is 25.1 Å². The zero-order valence-corrected chi connectivity index (χ0v) is 13.1. The molecule has 0 radical (unpaired) electrons. The van der Waals surface area contributed by atoms with Gasteiger partial charge in [-0.3, -0.25) is 9.78 Å². The molecule has 2 heterocycles. The van der Waals surface area contributed by atoms with Crippen LogP contribution in [0.4, 0.5) is 4.39 Å². The fourth-order valence-corrected chi connectivity index (χ4v) is 2.86. The van der Waals surface area contributed by atoms with Crippen molar-refractivity contribution in [3.63, 3.8) is 0 Å². The Morgan fingerprint density at radius 3 is 2.67 bits per heavy atom. The van der Waals surface area contributed by atoms with E-state index < -0.39 is 23.2 Å². The van der Waals surface area contributed by atoms with Crippen LogP contribution < -0.4 is 5.32 Å². The van der Waals surface area contributed by atoms with Crippen LogP contribution in [0.3, 0.4) is 0 Å². The monoisotopic (exact) mass is 332 g/mol. The number of aryl methyl sites for hydroxylation is 1. The number of nitrogens with one attached hydrogen (secondary N) is 1. The van der Waals surface area contributed by atoms with Gasteiger partial charge in [0.15, 0.2) is 0 Å². The Morgan fingerprint density at radius 1 is 1.29 bits per heavy atom. The lowest BCUT2D eigenvalue weighted by Gasteiger charge is -2.34. The second-order valence-corrected chi connectivity index (χ2v) is 5.91. The minimum absolute atomic E-state index is 0.208. The highest BCUT2D eigenvalue weighted by Gasteiger charge is 2.42. The third-order valence-corrected chi connectivity index (χ3v) is 4.32. The highest BCUT2D eigenvalue weighted by Crippen LogP contribution is 2.23. The molecule has 0 spiro atoms. The number of aliphatic carboxylic acids is 1. The van der Waals surface area contributed by atoms with E-state index in [1.165, 1.54) is 18.2 Å². The maximum atomic E-state index is 13.3. The van der Waals surface area contributed by atoms with Gasteiger partial charge in [0.05, 0.1) is 16.8 Å². The molecule has 6 nitrogen and oxygen atoms in total. The van der Waals surface area contributed by atoms with Crippen LogP contribution in [0.5, 0.6) is 0 Å². The van der Waals surface area contributed by atoms with E-state index in [0.29, 0.717) is 16.6 Å². The molecule has 0 saturated carbocycles. The summed E-state index contributed by atoms with van der Waals surface area (Å²) in [4.78, 5) is 28.5. The lowest BCUT2D eigenvalue weighted by molar-refractivity contribution is -0.148. The minimum Gasteiger partial charge on any atom is -0.480 e. The van der Waals surface area contributed by atoms with Crippen LogP contribution in [0, 0.1) is 12.7 Å². The van der Waals surface area contributed by atoms with E-state index in [-0.39, 0.29) is 31.6 Å². The SMILES string of the molecule is Cc1nc2cc(F)ccc2cc1C(=O)NC1(C(=O)O)CCOCC1. The number of amides is 1. The van der Waals surface area contributed by atoms with Crippen LogP contribution in [-0.4, -0.2) is 40.7 Å². The molecule has 2 N–H and O–H groups in total. The van der Waals surface area contributed by atoms with E-state index in [2.05, 4.69) is 10.3 Å². The van der Waals surface area contributed by atoms with Crippen LogP contribution >= 0.6 is 0 Å². The van der Waals surface area contributed by atoms with E-state index >= 15 is 0 Å². The first-order valence-electron chi connectivity index (χ1n) is 7.62. The van der Waals surface area contributed by atoms with Crippen LogP contribution in [0.1, 0.15) is 28.9 Å². The predicted octanol–water partition coefficient (Wildman–Crippen LogP) is 2.05. The quantitative estimate of drug-likeness (QED) is 0.898. The molecule has 0 unspecified atom stereocenters. The van der Waals surface area contributed by atoms with E-state index in [1.807, 2.05) is 0 Å². The van der Waals surface area contributed by atoms with Crippen LogP contribution in [-0.2, 0) is 9.53 Å². The molecule has 1 aliphatic heterocycles. The highest BCUT2D eigenvalue weighted by molar-refractivity contribution is 6.01. The molecular formula is C17H17FN2O4. The lowest BCUT2D eigenvalue weighted by Crippen LogP contribution is -2.57. The summed E-state index contributed by atoms with van der Waals surface area (Å²) in [6.45, 7) is 2.19. The molecule has 0 aliphatic carbocycles. The van der Waals surface area contributed by atoms with Gasteiger partial charge >= 0.3 is 5.97 Å². The van der Waals surface area contributed by atoms with Gasteiger partial charge in [0.1, 0.15) is 11.4 Å². The third-order valence-electron chi connectivity index (χ3n) is 4.32. The van der Waals surface area contributed by atoms with Gasteiger partial charge in [0.2, 0.25) is 0 Å². The van der Waals surface area contributed by atoms with Crippen LogP contribution in [0.2, 0.25) is 0 Å². The number of pyridine rings is 1. The van der Waals surface area contributed by atoms with Crippen molar-refractivity contribution >= 4 is 22.8 Å². The van der Waals surface area contributed by atoms with E-state index in [1.54, 1.807) is 13.0 Å². The fourth-order valence-electron chi connectivity index (χ4n) is 2.86. The predicted molar refractivity (Wildman–Crippen MR) is 84.3 cm³/mol. The lowest BCUT2D eigenvalue weighted by atomic mass is 9.89. The summed E-state index contributed by atoms with van der Waals surface area (Å²) in [5.74, 6) is -1.98. The molecule has 2 aromatic rings. The van der Waals surface area contributed by atoms with Crippen molar-refractivity contribution in [2.24, 2.45) is 0 Å². The van der Waals surface area contributed by atoms with Gasteiger partial charge in [-0.1, -0.05) is 0 Å². The highest BCUT2D eigenvalue weighted by atomic mass is 19.1. The Balaban J connectivity index is 1.94. The Hall–Kier alpha value is -2.54. The van der Waals surface area contributed by atoms with Crippen molar-refractivity contribution in [2.75, 3.05) is 13.2 Å². The molecule has 1 aliphatic rings. The first-order valence-corrected chi connectivity index (χ1v) is 7.62. The van der Waals surface area contributed by atoms with Crippen molar-refractivity contribution in [3.05, 3.63) is 41.3 Å². The summed E-state index contributed by atoms with van der Waals surface area (Å²) in [5, 5.41) is 12.8. The van der Waals surface area contributed by atoms with Crippen molar-refractivity contribution in [2.45, 2.75) is 25.3 Å². The zero-order chi connectivity index (χ0) is 17.3. The number of ether oxygens (including phenoxy) is 1. The summed E-state index contributed by atoms with van der Waals surface area (Å²) in [5.41, 5.74) is -0.193. The van der Waals surface area contributed by atoms with Crippen molar-refractivity contribution in [1.29, 1.82) is 0 Å². The number of fused-ring (bicyclic) bond motifs is 1. The smallest absolute Gasteiger partial charge is 0.329 e. The van der Waals surface area contributed by atoms with Gasteiger partial charge in [-0.2, -0.15) is 0 Å². The molecule has 1 aromatic heterocycles. The number of carboxylic acids is 1. The van der Waals surface area contributed by atoms with E-state index in [9.17, 15) is 19.1 Å². The van der Waals surface area contributed by atoms with Gasteiger partial charge in [0, 0.05) is 37.5 Å².